The number of imide groups is 1. The Hall–Kier alpha value is -3.65. The molecule has 3 aromatic rings. The van der Waals surface area contributed by atoms with Crippen LogP contribution in [0.25, 0.3) is 10.8 Å². The van der Waals surface area contributed by atoms with E-state index >= 15 is 0 Å². The number of carbonyl (C=O) groups excluding carboxylic acids is 3. The fourth-order valence-corrected chi connectivity index (χ4v) is 4.03. The Morgan fingerprint density at radius 2 is 1.94 bits per heavy atom. The number of carbonyl (C=O) groups is 3. The number of rotatable bonds is 4. The second-order valence-corrected chi connectivity index (χ2v) is 8.53. The average Bonchev–Trinajstić information content (AvgIpc) is 2.77. The van der Waals surface area contributed by atoms with Crippen LogP contribution in [0.15, 0.2) is 53.5 Å². The summed E-state index contributed by atoms with van der Waals surface area (Å²) in [7, 11) is 0. The van der Waals surface area contributed by atoms with Crippen molar-refractivity contribution in [1.29, 1.82) is 0 Å². The number of benzene rings is 2. The Kier molecular flexibility index (Phi) is 6.20. The first-order chi connectivity index (χ1) is 15.7. The van der Waals surface area contributed by atoms with Crippen LogP contribution < -0.4 is 21.5 Å². The molecule has 3 N–H and O–H groups in total. The number of aromatic nitrogens is 1. The number of urea groups is 1. The molecule has 8 nitrogen and oxygen atoms in total. The highest BCUT2D eigenvalue weighted by Crippen LogP contribution is 2.23. The summed E-state index contributed by atoms with van der Waals surface area (Å²) >= 11 is 6.11. The molecule has 9 heteroatoms. The second kappa shape index (κ2) is 9.07. The monoisotopic (exact) mass is 466 g/mol. The number of hydrogen-bond acceptors (Lipinski definition) is 4. The maximum Gasteiger partial charge on any atom is 0.319 e. The quantitative estimate of drug-likeness (QED) is 0.508. The Morgan fingerprint density at radius 1 is 1.15 bits per heavy atom. The van der Waals surface area contributed by atoms with Crippen molar-refractivity contribution in [2.75, 3.05) is 5.32 Å². The first-order valence-electron chi connectivity index (χ1n) is 10.5. The molecule has 1 saturated heterocycles. The van der Waals surface area contributed by atoms with E-state index in [1.165, 1.54) is 4.57 Å². The summed E-state index contributed by atoms with van der Waals surface area (Å²) in [4.78, 5) is 49.2. The molecule has 1 aromatic heterocycles. The first kappa shape index (κ1) is 22.5. The third-order valence-electron chi connectivity index (χ3n) is 5.78. The Morgan fingerprint density at radius 3 is 2.67 bits per heavy atom. The minimum Gasteiger partial charge on any atom is -0.331 e. The van der Waals surface area contributed by atoms with E-state index in [4.69, 9.17) is 11.6 Å². The number of pyridine rings is 1. The molecule has 1 fully saturated rings. The van der Waals surface area contributed by atoms with Crippen LogP contribution in [-0.2, 0) is 9.59 Å². The van der Waals surface area contributed by atoms with Crippen molar-refractivity contribution in [3.63, 3.8) is 0 Å². The molecule has 2 aromatic carbocycles. The molecule has 0 saturated carbocycles. The van der Waals surface area contributed by atoms with Gasteiger partial charge in [0.25, 0.3) is 5.56 Å². The zero-order valence-electron chi connectivity index (χ0n) is 18.1. The lowest BCUT2D eigenvalue weighted by Gasteiger charge is -2.23. The van der Waals surface area contributed by atoms with Gasteiger partial charge < -0.3 is 15.2 Å². The van der Waals surface area contributed by atoms with Crippen LogP contribution in [0.1, 0.15) is 43.0 Å². The molecule has 2 heterocycles. The number of aryl methyl sites for hydroxylation is 1. The molecule has 4 amide bonds. The Bertz CT molecular complexity index is 1330. The van der Waals surface area contributed by atoms with Crippen molar-refractivity contribution >= 4 is 45.9 Å². The summed E-state index contributed by atoms with van der Waals surface area (Å²) in [6, 6.07) is 10.8. The van der Waals surface area contributed by atoms with E-state index in [-0.39, 0.29) is 30.3 Å². The number of amides is 4. The number of fused-ring (bicyclic) bond motifs is 1. The highest BCUT2D eigenvalue weighted by atomic mass is 35.5. The number of anilines is 1. The highest BCUT2D eigenvalue weighted by Gasteiger charge is 2.28. The van der Waals surface area contributed by atoms with Gasteiger partial charge in [-0.1, -0.05) is 29.8 Å². The van der Waals surface area contributed by atoms with E-state index in [1.807, 2.05) is 26.0 Å². The summed E-state index contributed by atoms with van der Waals surface area (Å²) in [5.74, 6) is -0.815. The van der Waals surface area contributed by atoms with Gasteiger partial charge >= 0.3 is 6.03 Å². The first-order valence-corrected chi connectivity index (χ1v) is 10.9. The van der Waals surface area contributed by atoms with Crippen LogP contribution in [0, 0.1) is 6.92 Å². The second-order valence-electron chi connectivity index (χ2n) is 8.13. The smallest absolute Gasteiger partial charge is 0.319 e. The number of halogens is 1. The Balaban J connectivity index is 1.55. The van der Waals surface area contributed by atoms with Crippen LogP contribution in [0.4, 0.5) is 10.5 Å². The number of piperidine rings is 1. The zero-order chi connectivity index (χ0) is 23.7. The molecule has 0 spiro atoms. The van der Waals surface area contributed by atoms with E-state index < -0.39 is 18.0 Å². The van der Waals surface area contributed by atoms with Crippen molar-refractivity contribution in [3.8, 4) is 0 Å². The molecule has 170 valence electrons. The standard InChI is InChI=1S/C24H23ClN4O4/c1-13-3-6-17(12-19(13)25)27-24(33)26-14(2)16-5-4-15-9-10-29(23(32)18(15)11-16)20-7-8-21(30)28-22(20)31/h3-6,9-12,14,20H,7-8H2,1-2H3,(H2,26,27,33)(H,28,30,31). The van der Waals surface area contributed by atoms with Gasteiger partial charge in [-0.3, -0.25) is 19.7 Å². The van der Waals surface area contributed by atoms with E-state index in [2.05, 4.69) is 16.0 Å². The molecule has 1 aliphatic rings. The molecule has 2 unspecified atom stereocenters. The van der Waals surface area contributed by atoms with Crippen LogP contribution in [0.2, 0.25) is 5.02 Å². The molecule has 4 rings (SSSR count). The van der Waals surface area contributed by atoms with E-state index in [1.54, 1.807) is 36.5 Å². The number of nitrogens with zero attached hydrogens (tertiary/aromatic N) is 1. The fourth-order valence-electron chi connectivity index (χ4n) is 3.85. The topological polar surface area (TPSA) is 109 Å². The third kappa shape index (κ3) is 4.75. The van der Waals surface area contributed by atoms with Gasteiger partial charge in [0.2, 0.25) is 11.8 Å². The predicted molar refractivity (Wildman–Crippen MR) is 126 cm³/mol. The van der Waals surface area contributed by atoms with Crippen LogP contribution >= 0.6 is 11.6 Å². The van der Waals surface area contributed by atoms with E-state index in [0.29, 0.717) is 16.1 Å². The van der Waals surface area contributed by atoms with Gasteiger partial charge in [0, 0.05) is 28.7 Å². The minimum atomic E-state index is -0.731. The minimum absolute atomic E-state index is 0.184. The van der Waals surface area contributed by atoms with Gasteiger partial charge in [-0.2, -0.15) is 0 Å². The molecule has 0 bridgehead atoms. The zero-order valence-corrected chi connectivity index (χ0v) is 18.9. The van der Waals surface area contributed by atoms with E-state index in [9.17, 15) is 19.2 Å². The van der Waals surface area contributed by atoms with E-state index in [0.717, 1.165) is 16.5 Å². The SMILES string of the molecule is Cc1ccc(NC(=O)NC(C)c2ccc3ccn(C4CCC(=O)NC4=O)c(=O)c3c2)cc1Cl. The molecule has 0 radical (unpaired) electrons. The maximum absolute atomic E-state index is 13.1. The van der Waals surface area contributed by atoms with Crippen LogP contribution in [0.5, 0.6) is 0 Å². The van der Waals surface area contributed by atoms with Gasteiger partial charge in [0.1, 0.15) is 6.04 Å². The molecular formula is C24H23ClN4O4. The van der Waals surface area contributed by atoms with Crippen molar-refractivity contribution in [3.05, 3.63) is 75.2 Å². The third-order valence-corrected chi connectivity index (χ3v) is 6.19. The van der Waals surface area contributed by atoms with Gasteiger partial charge in [-0.05, 0) is 61.0 Å². The van der Waals surface area contributed by atoms with Gasteiger partial charge in [-0.25, -0.2) is 4.79 Å². The summed E-state index contributed by atoms with van der Waals surface area (Å²) in [5.41, 5.74) is 1.89. The van der Waals surface area contributed by atoms with Gasteiger partial charge in [0.05, 0.1) is 6.04 Å². The highest BCUT2D eigenvalue weighted by molar-refractivity contribution is 6.31. The lowest BCUT2D eigenvalue weighted by Crippen LogP contribution is -2.44. The molecule has 2 atom stereocenters. The van der Waals surface area contributed by atoms with Crippen LogP contribution in [0.3, 0.4) is 0 Å². The fraction of sp³-hybridized carbons (Fsp3) is 0.250. The summed E-state index contributed by atoms with van der Waals surface area (Å²) in [6.45, 7) is 3.69. The molecular weight excluding hydrogens is 444 g/mol. The number of nitrogens with one attached hydrogen (secondary N) is 3. The summed E-state index contributed by atoms with van der Waals surface area (Å²) in [5, 5.41) is 9.59. The van der Waals surface area contributed by atoms with Crippen molar-refractivity contribution in [2.24, 2.45) is 0 Å². The summed E-state index contributed by atoms with van der Waals surface area (Å²) < 4.78 is 1.36. The molecule has 33 heavy (non-hydrogen) atoms. The molecule has 1 aliphatic heterocycles. The maximum atomic E-state index is 13.1. The molecule has 0 aliphatic carbocycles. The predicted octanol–water partition coefficient (Wildman–Crippen LogP) is 3.82. The lowest BCUT2D eigenvalue weighted by molar-refractivity contribution is -0.135. The van der Waals surface area contributed by atoms with Gasteiger partial charge in [0.15, 0.2) is 0 Å². The van der Waals surface area contributed by atoms with Crippen molar-refractivity contribution in [1.82, 2.24) is 15.2 Å². The van der Waals surface area contributed by atoms with Crippen LogP contribution in [-0.4, -0.2) is 22.4 Å². The average molecular weight is 467 g/mol. The van der Waals surface area contributed by atoms with Crippen molar-refractivity contribution in [2.45, 2.75) is 38.8 Å². The Labute approximate surface area is 194 Å². The lowest BCUT2D eigenvalue weighted by atomic mass is 10.0. The number of hydrogen-bond donors (Lipinski definition) is 3. The van der Waals surface area contributed by atoms with Gasteiger partial charge in [-0.15, -0.1) is 0 Å². The largest absolute Gasteiger partial charge is 0.331 e. The normalized spacial score (nSPS) is 16.9. The summed E-state index contributed by atoms with van der Waals surface area (Å²) in [6.07, 6.45) is 2.03. The van der Waals surface area contributed by atoms with Crippen molar-refractivity contribution < 1.29 is 14.4 Å².